The summed E-state index contributed by atoms with van der Waals surface area (Å²) in [6.07, 6.45) is 4.88. The Morgan fingerprint density at radius 1 is 0.733 bits per heavy atom. The van der Waals surface area contributed by atoms with E-state index in [4.69, 9.17) is 15.8 Å². The normalized spacial score (nSPS) is 12.4. The van der Waals surface area contributed by atoms with Crippen LogP contribution >= 0.6 is 0 Å². The largest absolute Gasteiger partial charge is 0.455 e. The third kappa shape index (κ3) is 9.61. The molecule has 5 aromatic carbocycles. The second-order valence-corrected chi connectivity index (χ2v) is 16.9. The van der Waals surface area contributed by atoms with Gasteiger partial charge in [-0.2, -0.15) is 27.1 Å². The summed E-state index contributed by atoms with van der Waals surface area (Å²) in [5.41, 5.74) is 22.1. The minimum absolute atomic E-state index is 0.0284. The molecule has 1 aliphatic rings. The summed E-state index contributed by atoms with van der Waals surface area (Å²) in [5, 5.41) is 18.9. The van der Waals surface area contributed by atoms with Gasteiger partial charge >= 0.3 is 0 Å². The maximum Gasteiger partial charge on any atom is 0.295 e. The first-order valence-corrected chi connectivity index (χ1v) is 22.2. The Morgan fingerprint density at radius 2 is 1.37 bits per heavy atom. The first kappa shape index (κ1) is 43.3. The van der Waals surface area contributed by atoms with E-state index in [9.17, 15) is 25.9 Å². The summed E-state index contributed by atoms with van der Waals surface area (Å²) in [5.74, 6) is 0.906. The average Bonchev–Trinajstić information content (AvgIpc) is 3.22. The SMILES string of the molecule is C=c1c(CCCC)cc2c(c1CCCC)Oc1c(ccc3cc(N=Nc4ccc(N(CCN=[N+]=[N-])CCN=[N+]=[N-])cc4)ccc13)C=2c1ccc(S(=O)(=O)O)cc1S(=O)(=O)O. The molecule has 2 N–H and O–H groups in total. The number of hydrogen-bond acceptors (Lipinski definition) is 10. The molecule has 310 valence electrons. The number of azo groups is 1. The zero-order valence-electron chi connectivity index (χ0n) is 33.1. The van der Waals surface area contributed by atoms with E-state index in [0.29, 0.717) is 70.5 Å². The highest BCUT2D eigenvalue weighted by Gasteiger charge is 2.30. The second-order valence-electron chi connectivity index (χ2n) is 14.1. The van der Waals surface area contributed by atoms with Crippen molar-refractivity contribution in [1.82, 2.24) is 0 Å². The molecule has 1 aliphatic heterocycles. The van der Waals surface area contributed by atoms with Gasteiger partial charge in [0.1, 0.15) is 16.4 Å². The van der Waals surface area contributed by atoms with Crippen LogP contribution in [0.3, 0.4) is 0 Å². The average molecular weight is 850 g/mol. The Morgan fingerprint density at radius 3 is 2.00 bits per heavy atom. The third-order valence-electron chi connectivity index (χ3n) is 10.2. The summed E-state index contributed by atoms with van der Waals surface area (Å²) in [7, 11) is -9.85. The molecule has 0 radical (unpaired) electrons. The molecule has 5 aromatic rings. The number of azide groups is 2. The zero-order chi connectivity index (χ0) is 43.0. The fourth-order valence-electron chi connectivity index (χ4n) is 7.24. The Hall–Kier alpha value is -6.26. The highest BCUT2D eigenvalue weighted by Crippen LogP contribution is 2.44. The molecule has 0 atom stereocenters. The van der Waals surface area contributed by atoms with E-state index < -0.39 is 30.0 Å². The lowest BCUT2D eigenvalue weighted by Crippen LogP contribution is -2.28. The zero-order valence-corrected chi connectivity index (χ0v) is 34.7. The number of nitrogens with zero attached hydrogens (tertiary/aromatic N) is 9. The summed E-state index contributed by atoms with van der Waals surface area (Å²) in [6, 6.07) is 21.4. The standard InChI is InChI=1S/C42H43N9O7S2/c1-4-6-8-28-25-38-40(36-19-16-33(59(52,53)54)26-39(36)60(55,56)57)37-17-10-29-24-31(13-18-35(29)42(37)58-41(38)34(27(28)3)9-7-5-2)48-47-30-11-14-32(15-12-30)51(22-20-45-49-43)23-21-46-50-44/h10-19,24-26H,3-9,20-23H2,1-2H3,(H,52,53,54)(H,55,56,57). The monoisotopic (exact) mass is 849 g/mol. The Kier molecular flexibility index (Phi) is 13.5. The van der Waals surface area contributed by atoms with Crippen molar-refractivity contribution in [2.75, 3.05) is 31.1 Å². The van der Waals surface area contributed by atoms with E-state index in [2.05, 4.69) is 50.7 Å². The highest BCUT2D eigenvalue weighted by atomic mass is 32.2. The highest BCUT2D eigenvalue weighted by molar-refractivity contribution is 7.86. The second kappa shape index (κ2) is 18.8. The van der Waals surface area contributed by atoms with Crippen LogP contribution < -0.4 is 20.1 Å². The smallest absolute Gasteiger partial charge is 0.295 e. The van der Waals surface area contributed by atoms with Crippen molar-refractivity contribution in [1.29, 1.82) is 0 Å². The van der Waals surface area contributed by atoms with Crippen molar-refractivity contribution in [2.24, 2.45) is 20.5 Å². The molecule has 0 aliphatic carbocycles. The Balaban J connectivity index is 1.48. The van der Waals surface area contributed by atoms with Gasteiger partial charge in [-0.1, -0.05) is 55.6 Å². The number of ether oxygens (including phenoxy) is 1. The van der Waals surface area contributed by atoms with Gasteiger partial charge in [0.05, 0.1) is 16.3 Å². The fraction of sp³-hybridized carbons (Fsp3) is 0.286. The predicted molar refractivity (Wildman–Crippen MR) is 231 cm³/mol. The van der Waals surface area contributed by atoms with Gasteiger partial charge < -0.3 is 9.64 Å². The molecule has 0 amide bonds. The molecule has 6 rings (SSSR count). The van der Waals surface area contributed by atoms with Crippen molar-refractivity contribution in [2.45, 2.75) is 62.2 Å². The molecule has 0 unspecified atom stereocenters. The minimum Gasteiger partial charge on any atom is -0.455 e. The molecule has 18 heteroatoms. The van der Waals surface area contributed by atoms with Gasteiger partial charge in [-0.25, -0.2) is 0 Å². The molecule has 0 spiro atoms. The number of aryl methyl sites for hydroxylation is 1. The van der Waals surface area contributed by atoms with Crippen LogP contribution in [0.15, 0.2) is 109 Å². The molecule has 1 heterocycles. The number of hydrogen-bond donors (Lipinski definition) is 2. The number of rotatable bonds is 18. The van der Waals surface area contributed by atoms with Crippen molar-refractivity contribution in [3.63, 3.8) is 0 Å². The van der Waals surface area contributed by atoms with Crippen LogP contribution in [-0.2, 0) is 33.1 Å². The molecule has 0 fully saturated rings. The lowest BCUT2D eigenvalue weighted by Gasteiger charge is -2.26. The summed E-state index contributed by atoms with van der Waals surface area (Å²) in [4.78, 5) is 6.17. The summed E-state index contributed by atoms with van der Waals surface area (Å²) >= 11 is 0. The van der Waals surface area contributed by atoms with E-state index in [1.165, 1.54) is 6.07 Å². The number of benzene rings is 5. The van der Waals surface area contributed by atoms with Crippen LogP contribution in [0.2, 0.25) is 0 Å². The predicted octanol–water partition coefficient (Wildman–Crippen LogP) is 9.62. The van der Waals surface area contributed by atoms with Crippen LogP contribution in [0.5, 0.6) is 11.5 Å². The fourth-order valence-corrected chi connectivity index (χ4v) is 8.55. The van der Waals surface area contributed by atoms with Gasteiger partial charge in [-0.3, -0.25) is 9.11 Å². The van der Waals surface area contributed by atoms with Gasteiger partial charge in [0.2, 0.25) is 0 Å². The summed E-state index contributed by atoms with van der Waals surface area (Å²) in [6.45, 7) is 9.98. The molecule has 60 heavy (non-hydrogen) atoms. The molecule has 0 saturated heterocycles. The van der Waals surface area contributed by atoms with Crippen LogP contribution in [0, 0.1) is 0 Å². The number of unbranched alkanes of at least 4 members (excludes halogenated alkanes) is 2. The van der Waals surface area contributed by atoms with E-state index >= 15 is 0 Å². The molecular formula is C42H43N9O7S2. The third-order valence-corrected chi connectivity index (χ3v) is 12.0. The van der Waals surface area contributed by atoms with Crippen LogP contribution in [-0.4, -0.2) is 52.1 Å². The van der Waals surface area contributed by atoms with Gasteiger partial charge in [-0.05, 0) is 120 Å². The summed E-state index contributed by atoms with van der Waals surface area (Å²) < 4.78 is 77.5. The van der Waals surface area contributed by atoms with Crippen LogP contribution in [0.4, 0.5) is 17.1 Å². The van der Waals surface area contributed by atoms with Crippen molar-refractivity contribution in [3.05, 3.63) is 132 Å². The van der Waals surface area contributed by atoms with Crippen LogP contribution in [0.1, 0.15) is 61.8 Å². The molecule has 16 nitrogen and oxygen atoms in total. The van der Waals surface area contributed by atoms with E-state index in [1.807, 2.05) is 41.3 Å². The molecular weight excluding hydrogens is 807 g/mol. The first-order valence-electron chi connectivity index (χ1n) is 19.3. The van der Waals surface area contributed by atoms with E-state index in [-0.39, 0.29) is 18.7 Å². The van der Waals surface area contributed by atoms with Crippen molar-refractivity contribution in [3.8, 4) is 11.5 Å². The first-order chi connectivity index (χ1) is 28.8. The van der Waals surface area contributed by atoms with Crippen molar-refractivity contribution >= 4 is 60.2 Å². The van der Waals surface area contributed by atoms with Crippen molar-refractivity contribution < 1.29 is 30.7 Å². The number of anilines is 1. The van der Waals surface area contributed by atoms with Crippen LogP contribution in [0.25, 0.3) is 43.8 Å². The Bertz CT molecular complexity index is 2910. The maximum atomic E-state index is 13.0. The van der Waals surface area contributed by atoms with E-state index in [1.54, 1.807) is 24.3 Å². The Labute approximate surface area is 347 Å². The minimum atomic E-state index is -5.03. The van der Waals surface area contributed by atoms with Gasteiger partial charge in [0.25, 0.3) is 20.2 Å². The van der Waals surface area contributed by atoms with Gasteiger partial charge in [0.15, 0.2) is 0 Å². The lowest BCUT2D eigenvalue weighted by atomic mass is 9.87. The molecule has 0 bridgehead atoms. The molecule has 0 aromatic heterocycles. The topological polar surface area (TPSA) is 243 Å². The lowest BCUT2D eigenvalue weighted by molar-refractivity contribution is 0.468. The number of fused-ring (bicyclic) bond motifs is 4. The van der Waals surface area contributed by atoms with E-state index in [0.717, 1.165) is 65.2 Å². The maximum absolute atomic E-state index is 13.0. The van der Waals surface area contributed by atoms with Gasteiger partial charge in [0, 0.05) is 74.6 Å². The quantitative estimate of drug-likeness (QED) is 0.0364. The van der Waals surface area contributed by atoms with Gasteiger partial charge in [-0.15, -0.1) is 0 Å². The molecule has 0 saturated carbocycles.